The molecule has 6 heteroatoms. The number of amides is 3. The number of hydrogen-bond donors (Lipinski definition) is 3. The number of halogens is 1. The first-order valence-electron chi connectivity index (χ1n) is 5.49. The molecule has 18 heavy (non-hydrogen) atoms. The van der Waals surface area contributed by atoms with Gasteiger partial charge in [-0.3, -0.25) is 10.1 Å². The fraction of sp³-hybridized carbons (Fsp3) is 0.333. The van der Waals surface area contributed by atoms with Gasteiger partial charge in [-0.05, 0) is 31.5 Å². The Labute approximate surface area is 111 Å². The summed E-state index contributed by atoms with van der Waals surface area (Å²) < 4.78 is 0. The molecule has 0 aliphatic rings. The van der Waals surface area contributed by atoms with E-state index in [0.29, 0.717) is 10.7 Å². The van der Waals surface area contributed by atoms with E-state index in [-0.39, 0.29) is 0 Å². The third-order valence-electron chi connectivity index (χ3n) is 2.35. The molecule has 98 valence electrons. The van der Waals surface area contributed by atoms with Crippen LogP contribution in [0.5, 0.6) is 0 Å². The first-order chi connectivity index (χ1) is 8.43. The van der Waals surface area contributed by atoms with E-state index in [1.54, 1.807) is 19.1 Å². The SMILES string of the molecule is CNC(=O)NC(=O)C(C)Nc1ccc(C)cc1Cl. The fourth-order valence-electron chi connectivity index (χ4n) is 1.32. The van der Waals surface area contributed by atoms with Crippen LogP contribution in [-0.4, -0.2) is 25.0 Å². The van der Waals surface area contributed by atoms with Gasteiger partial charge in [0.05, 0.1) is 10.7 Å². The van der Waals surface area contributed by atoms with Crippen molar-refractivity contribution in [2.24, 2.45) is 0 Å². The Morgan fingerprint density at radius 3 is 2.56 bits per heavy atom. The summed E-state index contributed by atoms with van der Waals surface area (Å²) in [5.41, 5.74) is 1.69. The van der Waals surface area contributed by atoms with Gasteiger partial charge in [-0.25, -0.2) is 4.79 Å². The van der Waals surface area contributed by atoms with Gasteiger partial charge in [0.15, 0.2) is 0 Å². The Hall–Kier alpha value is -1.75. The fourth-order valence-corrected chi connectivity index (χ4v) is 1.61. The maximum atomic E-state index is 11.6. The standard InChI is InChI=1S/C12H16ClN3O2/c1-7-4-5-10(9(13)6-7)15-8(2)11(17)16-12(18)14-3/h4-6,8,15H,1-3H3,(H2,14,16,17,18). The van der Waals surface area contributed by atoms with Gasteiger partial charge in [-0.15, -0.1) is 0 Å². The van der Waals surface area contributed by atoms with Gasteiger partial charge in [-0.1, -0.05) is 17.7 Å². The molecule has 1 aromatic rings. The molecule has 1 atom stereocenters. The lowest BCUT2D eigenvalue weighted by molar-refractivity contribution is -0.120. The predicted octanol–water partition coefficient (Wildman–Crippen LogP) is 1.90. The van der Waals surface area contributed by atoms with Crippen molar-refractivity contribution in [2.75, 3.05) is 12.4 Å². The Kier molecular flexibility index (Phi) is 4.97. The summed E-state index contributed by atoms with van der Waals surface area (Å²) in [4.78, 5) is 22.6. The Morgan fingerprint density at radius 1 is 1.33 bits per heavy atom. The molecule has 5 nitrogen and oxygen atoms in total. The Bertz CT molecular complexity index is 463. The third-order valence-corrected chi connectivity index (χ3v) is 2.67. The highest BCUT2D eigenvalue weighted by molar-refractivity contribution is 6.33. The second-order valence-electron chi connectivity index (χ2n) is 3.92. The molecule has 3 N–H and O–H groups in total. The number of carbonyl (C=O) groups excluding carboxylic acids is 2. The van der Waals surface area contributed by atoms with Gasteiger partial charge in [0.25, 0.3) is 0 Å². The monoisotopic (exact) mass is 269 g/mol. The maximum Gasteiger partial charge on any atom is 0.321 e. The quantitative estimate of drug-likeness (QED) is 0.785. The van der Waals surface area contributed by atoms with Crippen molar-refractivity contribution in [3.05, 3.63) is 28.8 Å². The normalized spacial score (nSPS) is 11.6. The van der Waals surface area contributed by atoms with E-state index in [9.17, 15) is 9.59 Å². The zero-order valence-corrected chi connectivity index (χ0v) is 11.3. The van der Waals surface area contributed by atoms with Crippen molar-refractivity contribution in [1.82, 2.24) is 10.6 Å². The number of aryl methyl sites for hydroxylation is 1. The minimum atomic E-state index is -0.567. The predicted molar refractivity (Wildman–Crippen MR) is 71.9 cm³/mol. The van der Waals surface area contributed by atoms with Crippen LogP contribution in [-0.2, 0) is 4.79 Å². The van der Waals surface area contributed by atoms with E-state index in [2.05, 4.69) is 16.0 Å². The number of urea groups is 1. The van der Waals surface area contributed by atoms with E-state index in [0.717, 1.165) is 5.56 Å². The van der Waals surface area contributed by atoms with Crippen LogP contribution in [0.3, 0.4) is 0 Å². The topological polar surface area (TPSA) is 70.2 Å². The maximum absolute atomic E-state index is 11.6. The lowest BCUT2D eigenvalue weighted by Gasteiger charge is -2.15. The summed E-state index contributed by atoms with van der Waals surface area (Å²) in [5, 5.41) is 7.97. The van der Waals surface area contributed by atoms with Gasteiger partial charge in [0.2, 0.25) is 5.91 Å². The molecule has 0 aromatic heterocycles. The lowest BCUT2D eigenvalue weighted by atomic mass is 10.2. The van der Waals surface area contributed by atoms with Gasteiger partial charge < -0.3 is 10.6 Å². The molecular weight excluding hydrogens is 254 g/mol. The highest BCUT2D eigenvalue weighted by atomic mass is 35.5. The van der Waals surface area contributed by atoms with Gasteiger partial charge >= 0.3 is 6.03 Å². The largest absolute Gasteiger partial charge is 0.373 e. The van der Waals surface area contributed by atoms with E-state index < -0.39 is 18.0 Å². The average Bonchev–Trinajstić information content (AvgIpc) is 2.32. The minimum Gasteiger partial charge on any atom is -0.373 e. The van der Waals surface area contributed by atoms with Crippen molar-refractivity contribution in [2.45, 2.75) is 19.9 Å². The van der Waals surface area contributed by atoms with Crippen molar-refractivity contribution < 1.29 is 9.59 Å². The smallest absolute Gasteiger partial charge is 0.321 e. The molecule has 1 unspecified atom stereocenters. The van der Waals surface area contributed by atoms with Crippen molar-refractivity contribution in [3.63, 3.8) is 0 Å². The van der Waals surface area contributed by atoms with E-state index in [1.165, 1.54) is 7.05 Å². The van der Waals surface area contributed by atoms with Crippen molar-refractivity contribution in [3.8, 4) is 0 Å². The molecule has 0 saturated heterocycles. The van der Waals surface area contributed by atoms with Crippen LogP contribution in [0.2, 0.25) is 5.02 Å². The van der Waals surface area contributed by atoms with Crippen LogP contribution in [0.4, 0.5) is 10.5 Å². The van der Waals surface area contributed by atoms with Gasteiger partial charge in [-0.2, -0.15) is 0 Å². The zero-order chi connectivity index (χ0) is 13.7. The second kappa shape index (κ2) is 6.26. The van der Waals surface area contributed by atoms with E-state index >= 15 is 0 Å². The summed E-state index contributed by atoms with van der Waals surface area (Å²) in [5.74, 6) is -0.425. The molecule has 1 aromatic carbocycles. The number of rotatable bonds is 3. The first-order valence-corrected chi connectivity index (χ1v) is 5.87. The van der Waals surface area contributed by atoms with Crippen LogP contribution in [0, 0.1) is 6.92 Å². The first kappa shape index (κ1) is 14.3. The second-order valence-corrected chi connectivity index (χ2v) is 4.32. The van der Waals surface area contributed by atoms with E-state index in [4.69, 9.17) is 11.6 Å². The Morgan fingerprint density at radius 2 is 2.00 bits per heavy atom. The van der Waals surface area contributed by atoms with Crippen molar-refractivity contribution in [1.29, 1.82) is 0 Å². The van der Waals surface area contributed by atoms with Crippen LogP contribution >= 0.6 is 11.6 Å². The number of hydrogen-bond acceptors (Lipinski definition) is 3. The molecule has 0 spiro atoms. The lowest BCUT2D eigenvalue weighted by Crippen LogP contribution is -2.44. The van der Waals surface area contributed by atoms with Gasteiger partial charge in [0.1, 0.15) is 6.04 Å². The number of nitrogens with one attached hydrogen (secondary N) is 3. The summed E-state index contributed by atoms with van der Waals surface area (Å²) in [6.45, 7) is 3.58. The summed E-state index contributed by atoms with van der Waals surface area (Å²) >= 11 is 6.04. The summed E-state index contributed by atoms with van der Waals surface area (Å²) in [6.07, 6.45) is 0. The number of carbonyl (C=O) groups is 2. The van der Waals surface area contributed by atoms with Crippen LogP contribution in [0.1, 0.15) is 12.5 Å². The highest BCUT2D eigenvalue weighted by Crippen LogP contribution is 2.23. The van der Waals surface area contributed by atoms with Crippen LogP contribution in [0.25, 0.3) is 0 Å². The molecule has 0 saturated carbocycles. The zero-order valence-electron chi connectivity index (χ0n) is 10.5. The number of imide groups is 1. The highest BCUT2D eigenvalue weighted by Gasteiger charge is 2.15. The number of anilines is 1. The van der Waals surface area contributed by atoms with Crippen LogP contribution in [0.15, 0.2) is 18.2 Å². The van der Waals surface area contributed by atoms with Crippen molar-refractivity contribution >= 4 is 29.2 Å². The molecule has 3 amide bonds. The number of benzene rings is 1. The minimum absolute atomic E-state index is 0.425. The summed E-state index contributed by atoms with van der Waals surface area (Å²) in [7, 11) is 1.44. The average molecular weight is 270 g/mol. The molecule has 0 aliphatic carbocycles. The Balaban J connectivity index is 2.66. The molecule has 0 heterocycles. The molecule has 0 fully saturated rings. The molecule has 0 radical (unpaired) electrons. The summed E-state index contributed by atoms with van der Waals surface area (Å²) in [6, 6.07) is 4.37. The van der Waals surface area contributed by atoms with Gasteiger partial charge in [0, 0.05) is 7.05 Å². The van der Waals surface area contributed by atoms with E-state index in [1.807, 2.05) is 13.0 Å². The molecular formula is C12H16ClN3O2. The molecule has 1 rings (SSSR count). The third kappa shape index (κ3) is 3.92. The van der Waals surface area contributed by atoms with Crippen LogP contribution < -0.4 is 16.0 Å². The molecule has 0 aliphatic heterocycles. The molecule has 0 bridgehead atoms.